The number of nitrogens with two attached hydrogens (primary N) is 1. The van der Waals surface area contributed by atoms with Gasteiger partial charge in [-0.2, -0.15) is 0 Å². The molecule has 11 heteroatoms. The predicted molar refractivity (Wildman–Crippen MR) is 178 cm³/mol. The van der Waals surface area contributed by atoms with Gasteiger partial charge in [-0.25, -0.2) is 9.37 Å². The molecule has 0 aliphatic carbocycles. The molecule has 0 spiro atoms. The second-order valence-electron chi connectivity index (χ2n) is 11.8. The van der Waals surface area contributed by atoms with Crippen molar-refractivity contribution in [2.45, 2.75) is 57.7 Å². The zero-order chi connectivity index (χ0) is 32.6. The van der Waals surface area contributed by atoms with Crippen molar-refractivity contribution in [3.63, 3.8) is 0 Å². The normalized spacial score (nSPS) is 15.2. The lowest BCUT2D eigenvalue weighted by Gasteiger charge is -2.18. The lowest BCUT2D eigenvalue weighted by molar-refractivity contribution is -0.120. The van der Waals surface area contributed by atoms with E-state index in [1.54, 1.807) is 54.7 Å². The number of amides is 1. The number of aromatic hydroxyl groups is 2. The summed E-state index contributed by atoms with van der Waals surface area (Å²) in [4.78, 5) is 33.4. The Morgan fingerprint density at radius 1 is 0.935 bits per heavy atom. The van der Waals surface area contributed by atoms with Gasteiger partial charge in [0.05, 0.1) is 10.9 Å². The van der Waals surface area contributed by atoms with Crippen molar-refractivity contribution in [3.05, 3.63) is 107 Å². The molecule has 1 saturated heterocycles. The zero-order valence-corrected chi connectivity index (χ0v) is 26.3. The molecule has 0 radical (unpaired) electrons. The molecule has 2 unspecified atom stereocenters. The summed E-state index contributed by atoms with van der Waals surface area (Å²) in [6, 6.07) is 19.6. The van der Waals surface area contributed by atoms with Gasteiger partial charge in [-0.15, -0.1) is 0 Å². The number of halogens is 1. The van der Waals surface area contributed by atoms with Crippen molar-refractivity contribution in [2.75, 3.05) is 11.9 Å². The number of rotatable bonds is 14. The van der Waals surface area contributed by atoms with Crippen molar-refractivity contribution in [1.29, 1.82) is 0 Å². The number of Topliss-reactive ketones (excluding diaryl/α,β-unsaturated/α-hetero) is 1. The molecule has 2 atom stereocenters. The average molecular weight is 644 g/mol. The van der Waals surface area contributed by atoms with E-state index < -0.39 is 6.04 Å². The zero-order valence-electron chi connectivity index (χ0n) is 25.4. The van der Waals surface area contributed by atoms with Gasteiger partial charge in [0.1, 0.15) is 28.9 Å². The van der Waals surface area contributed by atoms with E-state index in [0.717, 1.165) is 22.5 Å². The van der Waals surface area contributed by atoms with E-state index in [0.29, 0.717) is 62.5 Å². The molecule has 240 valence electrons. The van der Waals surface area contributed by atoms with Crippen LogP contribution in [0.5, 0.6) is 11.5 Å². The first-order chi connectivity index (χ1) is 22.1. The van der Waals surface area contributed by atoms with E-state index in [4.69, 9.17) is 22.9 Å². The number of thiocarbonyl (C=S) groups is 1. The highest BCUT2D eigenvalue weighted by atomic mass is 32.1. The molecule has 1 aromatic heterocycles. The van der Waals surface area contributed by atoms with Crippen LogP contribution in [0.4, 0.5) is 10.2 Å². The minimum absolute atomic E-state index is 0.0438. The van der Waals surface area contributed by atoms with Gasteiger partial charge >= 0.3 is 0 Å². The summed E-state index contributed by atoms with van der Waals surface area (Å²) in [5.74, 6) is 0.699. The maximum absolute atomic E-state index is 13.3. The van der Waals surface area contributed by atoms with E-state index >= 15 is 0 Å². The summed E-state index contributed by atoms with van der Waals surface area (Å²) in [6.07, 6.45) is 4.51. The highest BCUT2D eigenvalue weighted by molar-refractivity contribution is 7.80. The molecule has 1 aliphatic heterocycles. The molecule has 46 heavy (non-hydrogen) atoms. The number of imidazole rings is 1. The monoisotopic (exact) mass is 643 g/mol. The Morgan fingerprint density at radius 2 is 1.54 bits per heavy atom. The third kappa shape index (κ3) is 9.21. The van der Waals surface area contributed by atoms with E-state index in [9.17, 15) is 24.2 Å². The number of ketones is 1. The molecule has 1 amide bonds. The number of benzene rings is 3. The number of carbonyl (C=O) groups is 2. The largest absolute Gasteiger partial charge is 0.508 e. The van der Waals surface area contributed by atoms with Crippen LogP contribution in [0, 0.1) is 11.7 Å². The fourth-order valence-corrected chi connectivity index (χ4v) is 5.93. The molecule has 9 nitrogen and oxygen atoms in total. The standard InChI is InChI=1S/C35H38FN5O4S/c36-27-9-1-25(2-10-27)19-41-20-26(17-34(41)46)35(45)39-32-22-40(33(38-32)16-8-24-5-13-30(43)14-6-24)21-28(37)18-31(44)15-7-23-3-11-29(42)12-4-23/h1-6,9-14,22,26,28,42-43H,7-8,15-21,37H2,(H,39,45). The number of hydrogen-bond donors (Lipinski definition) is 4. The number of phenolic OH excluding ortho intramolecular Hbond substituents is 2. The number of hydrogen-bond acceptors (Lipinski definition) is 7. The number of phenols is 2. The Balaban J connectivity index is 1.21. The Kier molecular flexibility index (Phi) is 10.8. The topological polar surface area (TPSA) is 134 Å². The van der Waals surface area contributed by atoms with E-state index in [1.807, 2.05) is 21.6 Å². The van der Waals surface area contributed by atoms with Gasteiger partial charge in [0, 0.05) is 57.6 Å². The van der Waals surface area contributed by atoms with E-state index in [2.05, 4.69) is 5.32 Å². The number of nitrogens with zero attached hydrogens (tertiary/aromatic N) is 3. The van der Waals surface area contributed by atoms with Crippen LogP contribution in [0.1, 0.15) is 41.8 Å². The lowest BCUT2D eigenvalue weighted by atomic mass is 10.0. The van der Waals surface area contributed by atoms with Crippen molar-refractivity contribution < 1.29 is 24.2 Å². The molecule has 0 bridgehead atoms. The molecule has 3 aromatic carbocycles. The third-order valence-corrected chi connectivity index (χ3v) is 8.53. The number of anilines is 1. The van der Waals surface area contributed by atoms with Gasteiger partial charge in [-0.05, 0) is 65.9 Å². The van der Waals surface area contributed by atoms with Crippen molar-refractivity contribution in [3.8, 4) is 11.5 Å². The van der Waals surface area contributed by atoms with Gasteiger partial charge in [-0.1, -0.05) is 48.6 Å². The van der Waals surface area contributed by atoms with Crippen LogP contribution in [-0.2, 0) is 41.9 Å². The first-order valence-electron chi connectivity index (χ1n) is 15.3. The highest BCUT2D eigenvalue weighted by Crippen LogP contribution is 2.24. The van der Waals surface area contributed by atoms with Crippen molar-refractivity contribution in [2.24, 2.45) is 11.7 Å². The molecule has 4 aromatic rings. The fraction of sp³-hybridized carbons (Fsp3) is 0.314. The molecule has 1 fully saturated rings. The van der Waals surface area contributed by atoms with Crippen LogP contribution in [0.2, 0.25) is 0 Å². The quantitative estimate of drug-likeness (QED) is 0.142. The number of nitrogens with one attached hydrogen (secondary N) is 1. The summed E-state index contributed by atoms with van der Waals surface area (Å²) < 4.78 is 15.2. The van der Waals surface area contributed by atoms with Crippen LogP contribution >= 0.6 is 12.2 Å². The number of aromatic nitrogens is 2. The second-order valence-corrected chi connectivity index (χ2v) is 12.3. The van der Waals surface area contributed by atoms with Gasteiger partial charge in [0.25, 0.3) is 0 Å². The molecule has 5 N–H and O–H groups in total. The summed E-state index contributed by atoms with van der Waals surface area (Å²) in [6.45, 7) is 1.30. The van der Waals surface area contributed by atoms with Gasteiger partial charge in [-0.3, -0.25) is 9.59 Å². The second kappa shape index (κ2) is 15.1. The van der Waals surface area contributed by atoms with Crippen molar-refractivity contribution in [1.82, 2.24) is 14.5 Å². The summed E-state index contributed by atoms with van der Waals surface area (Å²) in [5, 5.41) is 22.1. The Bertz CT molecular complexity index is 1660. The number of aryl methyl sites for hydroxylation is 3. The summed E-state index contributed by atoms with van der Waals surface area (Å²) in [7, 11) is 0. The van der Waals surface area contributed by atoms with E-state index in [1.165, 1.54) is 12.1 Å². The Morgan fingerprint density at radius 3 is 2.20 bits per heavy atom. The van der Waals surface area contributed by atoms with Crippen LogP contribution in [0.25, 0.3) is 0 Å². The lowest BCUT2D eigenvalue weighted by Crippen LogP contribution is -2.29. The molecule has 1 aliphatic rings. The molecule has 0 saturated carbocycles. The first kappa shape index (κ1) is 32.8. The molecular formula is C35H38FN5O4S. The fourth-order valence-electron chi connectivity index (χ4n) is 5.59. The molecular weight excluding hydrogens is 605 g/mol. The van der Waals surface area contributed by atoms with Gasteiger partial charge in [0.2, 0.25) is 5.91 Å². The highest BCUT2D eigenvalue weighted by Gasteiger charge is 2.32. The van der Waals surface area contributed by atoms with Crippen molar-refractivity contribution >= 4 is 34.7 Å². The molecule has 2 heterocycles. The Hall–Kier alpha value is -4.61. The average Bonchev–Trinajstić information content (AvgIpc) is 3.59. The maximum Gasteiger partial charge on any atom is 0.230 e. The third-order valence-electron chi connectivity index (χ3n) is 8.11. The van der Waals surface area contributed by atoms with Crippen LogP contribution in [0.3, 0.4) is 0 Å². The van der Waals surface area contributed by atoms with Crippen LogP contribution in [0.15, 0.2) is 79.0 Å². The van der Waals surface area contributed by atoms with Gasteiger partial charge < -0.3 is 30.7 Å². The summed E-state index contributed by atoms with van der Waals surface area (Å²) >= 11 is 5.56. The number of carbonyl (C=O) groups excluding carboxylic acids is 2. The predicted octanol–water partition coefficient (Wildman–Crippen LogP) is 4.93. The van der Waals surface area contributed by atoms with Gasteiger partial charge in [0.15, 0.2) is 5.82 Å². The van der Waals surface area contributed by atoms with Crippen LogP contribution < -0.4 is 11.1 Å². The SMILES string of the molecule is NC(CC(=O)CCc1ccc(O)cc1)Cn1cc(NC(=O)C2CC(=S)N(Cc3ccc(F)cc3)C2)nc1CCc1ccc(O)cc1. The summed E-state index contributed by atoms with van der Waals surface area (Å²) in [5.41, 5.74) is 9.34. The minimum atomic E-state index is -0.454. The number of likely N-dealkylation sites (tertiary alicyclic amines) is 1. The molecule has 5 rings (SSSR count). The van der Waals surface area contributed by atoms with E-state index in [-0.39, 0.29) is 41.3 Å². The maximum atomic E-state index is 13.3. The smallest absolute Gasteiger partial charge is 0.230 e. The first-order valence-corrected chi connectivity index (χ1v) is 15.7. The Labute approximate surface area is 272 Å². The van der Waals surface area contributed by atoms with Crippen LogP contribution in [-0.4, -0.2) is 53.9 Å². The minimum Gasteiger partial charge on any atom is -0.508 e.